The van der Waals surface area contributed by atoms with Crippen LogP contribution in [0.4, 0.5) is 18.9 Å². The number of halogens is 3. The summed E-state index contributed by atoms with van der Waals surface area (Å²) < 4.78 is 48.1. The second kappa shape index (κ2) is 10.5. The SMILES string of the molecule is O=C(Nc1ccc(-c2ncn(-c3ccc(OC(F)(F)F)cc3)n2)cc1)c1ccc(Oc2ccccc2)cc1. The third-order valence-electron chi connectivity index (χ3n) is 5.32. The highest BCUT2D eigenvalue weighted by Gasteiger charge is 2.31. The first-order valence-corrected chi connectivity index (χ1v) is 11.3. The normalized spacial score (nSPS) is 11.1. The molecule has 0 aliphatic heterocycles. The number of hydrogen-bond acceptors (Lipinski definition) is 5. The molecule has 1 amide bonds. The number of aromatic nitrogens is 3. The molecule has 0 aliphatic carbocycles. The maximum absolute atomic E-state index is 12.6. The predicted molar refractivity (Wildman–Crippen MR) is 134 cm³/mol. The van der Waals surface area contributed by atoms with Gasteiger partial charge in [0.1, 0.15) is 23.6 Å². The molecule has 5 aromatic rings. The monoisotopic (exact) mass is 516 g/mol. The zero-order valence-electron chi connectivity index (χ0n) is 19.6. The van der Waals surface area contributed by atoms with Crippen molar-refractivity contribution in [3.63, 3.8) is 0 Å². The molecule has 4 aromatic carbocycles. The zero-order valence-corrected chi connectivity index (χ0v) is 19.6. The lowest BCUT2D eigenvalue weighted by molar-refractivity contribution is -0.274. The van der Waals surface area contributed by atoms with E-state index in [1.54, 1.807) is 48.5 Å². The Kier molecular flexibility index (Phi) is 6.77. The molecule has 190 valence electrons. The van der Waals surface area contributed by atoms with Gasteiger partial charge in [-0.1, -0.05) is 18.2 Å². The lowest BCUT2D eigenvalue weighted by Gasteiger charge is -2.09. The largest absolute Gasteiger partial charge is 0.573 e. The van der Waals surface area contributed by atoms with Crippen LogP contribution in [-0.2, 0) is 0 Å². The Hall–Kier alpha value is -5.12. The van der Waals surface area contributed by atoms with Crippen molar-refractivity contribution < 1.29 is 27.4 Å². The van der Waals surface area contributed by atoms with Crippen LogP contribution >= 0.6 is 0 Å². The third-order valence-corrected chi connectivity index (χ3v) is 5.32. The van der Waals surface area contributed by atoms with Gasteiger partial charge in [-0.3, -0.25) is 4.79 Å². The zero-order chi connectivity index (χ0) is 26.5. The van der Waals surface area contributed by atoms with Gasteiger partial charge in [0.25, 0.3) is 5.91 Å². The van der Waals surface area contributed by atoms with Crippen LogP contribution in [0.2, 0.25) is 0 Å². The van der Waals surface area contributed by atoms with Gasteiger partial charge in [0, 0.05) is 16.8 Å². The van der Waals surface area contributed by atoms with E-state index < -0.39 is 6.36 Å². The molecule has 0 aliphatic rings. The van der Waals surface area contributed by atoms with Crippen LogP contribution in [0.25, 0.3) is 17.1 Å². The molecule has 0 unspecified atom stereocenters. The van der Waals surface area contributed by atoms with Crippen LogP contribution in [0, 0.1) is 0 Å². The van der Waals surface area contributed by atoms with Gasteiger partial charge in [0.15, 0.2) is 5.82 Å². The number of hydrogen-bond donors (Lipinski definition) is 1. The Morgan fingerprint density at radius 3 is 2.05 bits per heavy atom. The van der Waals surface area contributed by atoms with Crippen molar-refractivity contribution in [1.82, 2.24) is 14.8 Å². The fourth-order valence-electron chi connectivity index (χ4n) is 3.53. The van der Waals surface area contributed by atoms with Crippen molar-refractivity contribution in [3.8, 4) is 34.3 Å². The second-order valence-corrected chi connectivity index (χ2v) is 8.03. The van der Waals surface area contributed by atoms with Crippen molar-refractivity contribution in [3.05, 3.63) is 115 Å². The second-order valence-electron chi connectivity index (χ2n) is 8.03. The number of carbonyl (C=O) groups is 1. The van der Waals surface area contributed by atoms with Crippen LogP contribution in [-0.4, -0.2) is 27.0 Å². The molecule has 10 heteroatoms. The van der Waals surface area contributed by atoms with E-state index in [-0.39, 0.29) is 11.7 Å². The van der Waals surface area contributed by atoms with Crippen molar-refractivity contribution in [1.29, 1.82) is 0 Å². The summed E-state index contributed by atoms with van der Waals surface area (Å²) in [5, 5.41) is 7.22. The number of nitrogens with one attached hydrogen (secondary N) is 1. The van der Waals surface area contributed by atoms with Crippen molar-refractivity contribution in [2.75, 3.05) is 5.32 Å². The topological polar surface area (TPSA) is 78.3 Å². The van der Waals surface area contributed by atoms with Gasteiger partial charge in [-0.2, -0.15) is 0 Å². The van der Waals surface area contributed by atoms with E-state index in [1.807, 2.05) is 30.3 Å². The Morgan fingerprint density at radius 1 is 0.763 bits per heavy atom. The average molecular weight is 516 g/mol. The molecule has 0 spiro atoms. The molecule has 1 heterocycles. The predicted octanol–water partition coefficient (Wildman–Crippen LogP) is 6.88. The highest BCUT2D eigenvalue weighted by molar-refractivity contribution is 6.04. The third kappa shape index (κ3) is 6.16. The molecule has 5 rings (SSSR count). The Labute approximate surface area is 215 Å². The number of alkyl halides is 3. The molecule has 1 N–H and O–H groups in total. The van der Waals surface area contributed by atoms with Gasteiger partial charge in [-0.05, 0) is 84.9 Å². The van der Waals surface area contributed by atoms with E-state index in [4.69, 9.17) is 4.74 Å². The maximum Gasteiger partial charge on any atom is 0.573 e. The first kappa shape index (κ1) is 24.6. The molecule has 7 nitrogen and oxygen atoms in total. The number of rotatable bonds is 7. The Balaban J connectivity index is 1.20. The van der Waals surface area contributed by atoms with E-state index in [0.29, 0.717) is 39.8 Å². The minimum Gasteiger partial charge on any atom is -0.457 e. The summed E-state index contributed by atoms with van der Waals surface area (Å²) in [7, 11) is 0. The van der Waals surface area contributed by atoms with Crippen LogP contribution in [0.15, 0.2) is 109 Å². The van der Waals surface area contributed by atoms with Gasteiger partial charge in [0.05, 0.1) is 5.69 Å². The Morgan fingerprint density at radius 2 is 1.39 bits per heavy atom. The fourth-order valence-corrected chi connectivity index (χ4v) is 3.53. The standard InChI is InChI=1S/C28H19F3N4O3/c29-28(30,31)38-25-16-12-22(13-17-25)35-18-32-26(34-35)19-6-10-21(11-7-19)33-27(36)20-8-14-24(15-9-20)37-23-4-2-1-3-5-23/h1-18H,(H,33,36). The fraction of sp³-hybridized carbons (Fsp3) is 0.0357. The molecule has 0 atom stereocenters. The average Bonchev–Trinajstić information content (AvgIpc) is 3.40. The number of amides is 1. The minimum absolute atomic E-state index is 0.274. The summed E-state index contributed by atoms with van der Waals surface area (Å²) in [6.07, 6.45) is -3.30. The molecule has 0 saturated carbocycles. The van der Waals surface area contributed by atoms with E-state index in [2.05, 4.69) is 20.1 Å². The number of benzene rings is 4. The summed E-state index contributed by atoms with van der Waals surface area (Å²) in [5.74, 6) is 1.14. The summed E-state index contributed by atoms with van der Waals surface area (Å²) in [5.41, 5.74) is 2.27. The number of anilines is 1. The lowest BCUT2D eigenvalue weighted by Crippen LogP contribution is -2.17. The molecule has 1 aromatic heterocycles. The van der Waals surface area contributed by atoms with Gasteiger partial charge in [-0.25, -0.2) is 9.67 Å². The summed E-state index contributed by atoms with van der Waals surface area (Å²) in [6, 6.07) is 28.4. The van der Waals surface area contributed by atoms with Gasteiger partial charge < -0.3 is 14.8 Å². The first-order valence-electron chi connectivity index (χ1n) is 11.3. The van der Waals surface area contributed by atoms with Crippen LogP contribution in [0.5, 0.6) is 17.2 Å². The molecular formula is C28H19F3N4O3. The smallest absolute Gasteiger partial charge is 0.457 e. The highest BCUT2D eigenvalue weighted by atomic mass is 19.4. The first-order chi connectivity index (χ1) is 18.3. The van der Waals surface area contributed by atoms with Crippen LogP contribution in [0.3, 0.4) is 0 Å². The van der Waals surface area contributed by atoms with Crippen molar-refractivity contribution in [2.45, 2.75) is 6.36 Å². The Bertz CT molecular complexity index is 1520. The quantitative estimate of drug-likeness (QED) is 0.255. The number of para-hydroxylation sites is 1. The molecule has 0 radical (unpaired) electrons. The number of carbonyl (C=O) groups excluding carboxylic acids is 1. The van der Waals surface area contributed by atoms with Gasteiger partial charge >= 0.3 is 6.36 Å². The summed E-state index contributed by atoms with van der Waals surface area (Å²) in [6.45, 7) is 0. The van der Waals surface area contributed by atoms with E-state index in [0.717, 1.165) is 0 Å². The molecule has 0 bridgehead atoms. The minimum atomic E-state index is -4.75. The highest BCUT2D eigenvalue weighted by Crippen LogP contribution is 2.25. The van der Waals surface area contributed by atoms with Gasteiger partial charge in [-0.15, -0.1) is 18.3 Å². The van der Waals surface area contributed by atoms with Crippen LogP contribution in [0.1, 0.15) is 10.4 Å². The van der Waals surface area contributed by atoms with E-state index in [9.17, 15) is 18.0 Å². The summed E-state index contributed by atoms with van der Waals surface area (Å²) >= 11 is 0. The number of nitrogens with zero attached hydrogens (tertiary/aromatic N) is 3. The molecule has 0 fully saturated rings. The van der Waals surface area contributed by atoms with E-state index >= 15 is 0 Å². The van der Waals surface area contributed by atoms with E-state index in [1.165, 1.54) is 35.3 Å². The molecule has 38 heavy (non-hydrogen) atoms. The molecular weight excluding hydrogens is 497 g/mol. The van der Waals surface area contributed by atoms with Crippen molar-refractivity contribution >= 4 is 11.6 Å². The maximum atomic E-state index is 12.6. The van der Waals surface area contributed by atoms with Crippen LogP contribution < -0.4 is 14.8 Å². The summed E-state index contributed by atoms with van der Waals surface area (Å²) in [4.78, 5) is 16.9. The molecule has 0 saturated heterocycles. The lowest BCUT2D eigenvalue weighted by atomic mass is 10.1. The van der Waals surface area contributed by atoms with Gasteiger partial charge in [0.2, 0.25) is 0 Å². The van der Waals surface area contributed by atoms with Crippen molar-refractivity contribution in [2.24, 2.45) is 0 Å². The number of ether oxygens (including phenoxy) is 2.